The molecule has 1 atom stereocenters. The van der Waals surface area contributed by atoms with Crippen molar-refractivity contribution in [2.24, 2.45) is 0 Å². The molecule has 24 heavy (non-hydrogen) atoms. The molecule has 1 N–H and O–H groups in total. The van der Waals surface area contributed by atoms with Gasteiger partial charge in [0, 0.05) is 16.7 Å². The summed E-state index contributed by atoms with van der Waals surface area (Å²) in [7, 11) is 0. The smallest absolute Gasteiger partial charge is 0.0323 e. The van der Waals surface area contributed by atoms with E-state index >= 15 is 0 Å². The number of fused-ring (bicyclic) bond motifs is 1. The molecule has 4 rings (SSSR count). The van der Waals surface area contributed by atoms with Crippen LogP contribution in [0.3, 0.4) is 0 Å². The lowest BCUT2D eigenvalue weighted by Gasteiger charge is -2.26. The summed E-state index contributed by atoms with van der Waals surface area (Å²) in [5.41, 5.74) is 2.96. The normalized spacial score (nSPS) is 17.9. The first-order chi connectivity index (χ1) is 11.9. The molecule has 1 aliphatic heterocycles. The van der Waals surface area contributed by atoms with E-state index in [1.807, 2.05) is 11.8 Å². The van der Waals surface area contributed by atoms with Gasteiger partial charge in [0.05, 0.1) is 0 Å². The maximum absolute atomic E-state index is 3.69. The molecule has 0 bridgehead atoms. The summed E-state index contributed by atoms with van der Waals surface area (Å²) in [4.78, 5) is 1.37. The predicted octanol–water partition coefficient (Wildman–Crippen LogP) is 5.95. The zero-order valence-corrected chi connectivity index (χ0v) is 14.7. The van der Waals surface area contributed by atoms with E-state index in [0.29, 0.717) is 6.04 Å². The van der Waals surface area contributed by atoms with E-state index in [1.165, 1.54) is 46.1 Å². The van der Waals surface area contributed by atoms with Crippen LogP contribution in [-0.4, -0.2) is 6.54 Å². The highest BCUT2D eigenvalue weighted by atomic mass is 32.2. The predicted molar refractivity (Wildman–Crippen MR) is 105 cm³/mol. The van der Waals surface area contributed by atoms with Gasteiger partial charge in [-0.15, -0.1) is 11.8 Å². The van der Waals surface area contributed by atoms with E-state index in [9.17, 15) is 0 Å². The number of nitrogens with one attached hydrogen (secondary N) is 1. The molecular formula is C22H23NS. The van der Waals surface area contributed by atoms with Gasteiger partial charge in [0.25, 0.3) is 0 Å². The van der Waals surface area contributed by atoms with Crippen LogP contribution in [0.1, 0.15) is 36.4 Å². The van der Waals surface area contributed by atoms with Gasteiger partial charge in [-0.3, -0.25) is 0 Å². The van der Waals surface area contributed by atoms with Gasteiger partial charge in [0.1, 0.15) is 0 Å². The zero-order chi connectivity index (χ0) is 16.2. The largest absolute Gasteiger partial charge is 0.310 e. The standard InChI is InChI=1S/C22H23NS/c1-4-12-20-17(8-1)10-7-14-22(20)24-16-18-9-2-3-11-19(18)21-13-5-6-15-23-21/h1-4,7-12,14,21,23H,5-6,13,15-16H2. The van der Waals surface area contributed by atoms with E-state index in [4.69, 9.17) is 0 Å². The minimum atomic E-state index is 0.531. The summed E-state index contributed by atoms with van der Waals surface area (Å²) in [6.45, 7) is 1.15. The molecule has 0 amide bonds. The molecule has 122 valence electrons. The molecule has 0 radical (unpaired) electrons. The minimum absolute atomic E-state index is 0.531. The zero-order valence-electron chi connectivity index (χ0n) is 13.9. The Labute approximate surface area is 148 Å². The summed E-state index contributed by atoms with van der Waals surface area (Å²) in [5.74, 6) is 1.03. The fraction of sp³-hybridized carbons (Fsp3) is 0.273. The van der Waals surface area contributed by atoms with Crippen LogP contribution >= 0.6 is 11.8 Å². The van der Waals surface area contributed by atoms with Crippen molar-refractivity contribution < 1.29 is 0 Å². The Hall–Kier alpha value is -1.77. The summed E-state index contributed by atoms with van der Waals surface area (Å²) in [6.07, 6.45) is 3.90. The van der Waals surface area contributed by atoms with Crippen molar-refractivity contribution in [2.75, 3.05) is 6.54 Å². The summed E-state index contributed by atoms with van der Waals surface area (Å²) < 4.78 is 0. The third kappa shape index (κ3) is 3.35. The molecule has 1 unspecified atom stereocenters. The van der Waals surface area contributed by atoms with Gasteiger partial charge in [-0.25, -0.2) is 0 Å². The molecule has 1 heterocycles. The van der Waals surface area contributed by atoms with Crippen LogP contribution in [-0.2, 0) is 5.75 Å². The van der Waals surface area contributed by atoms with E-state index in [2.05, 4.69) is 72.0 Å². The van der Waals surface area contributed by atoms with Crippen molar-refractivity contribution in [3.63, 3.8) is 0 Å². The summed E-state index contributed by atoms with van der Waals surface area (Å²) >= 11 is 1.95. The number of thioether (sulfide) groups is 1. The van der Waals surface area contributed by atoms with Gasteiger partial charge in [-0.2, -0.15) is 0 Å². The maximum Gasteiger partial charge on any atom is 0.0323 e. The SMILES string of the molecule is c1ccc(C2CCCCN2)c(CSc2cccc3ccccc23)c1. The van der Waals surface area contributed by atoms with Crippen molar-refractivity contribution in [3.8, 4) is 0 Å². The first-order valence-electron chi connectivity index (χ1n) is 8.83. The third-order valence-electron chi connectivity index (χ3n) is 4.87. The first-order valence-corrected chi connectivity index (χ1v) is 9.82. The molecule has 0 spiro atoms. The van der Waals surface area contributed by atoms with Gasteiger partial charge in [0.2, 0.25) is 0 Å². The second kappa shape index (κ2) is 7.42. The monoisotopic (exact) mass is 333 g/mol. The topological polar surface area (TPSA) is 12.0 Å². The van der Waals surface area contributed by atoms with Crippen LogP contribution in [0.5, 0.6) is 0 Å². The lowest BCUT2D eigenvalue weighted by atomic mass is 9.94. The van der Waals surface area contributed by atoms with Crippen molar-refractivity contribution in [1.82, 2.24) is 5.32 Å². The second-order valence-corrected chi connectivity index (χ2v) is 7.48. The van der Waals surface area contributed by atoms with Crippen LogP contribution < -0.4 is 5.32 Å². The van der Waals surface area contributed by atoms with Crippen molar-refractivity contribution >= 4 is 22.5 Å². The quantitative estimate of drug-likeness (QED) is 0.592. The highest BCUT2D eigenvalue weighted by molar-refractivity contribution is 7.98. The van der Waals surface area contributed by atoms with Gasteiger partial charge in [-0.05, 0) is 47.4 Å². The number of hydrogen-bond donors (Lipinski definition) is 1. The Kier molecular flexibility index (Phi) is 4.86. The average molecular weight is 334 g/mol. The first kappa shape index (κ1) is 15.7. The van der Waals surface area contributed by atoms with Crippen LogP contribution in [0.2, 0.25) is 0 Å². The lowest BCUT2D eigenvalue weighted by Crippen LogP contribution is -2.27. The van der Waals surface area contributed by atoms with Gasteiger partial charge in [0.15, 0.2) is 0 Å². The van der Waals surface area contributed by atoms with Crippen molar-refractivity contribution in [3.05, 3.63) is 77.9 Å². The molecule has 2 heteroatoms. The van der Waals surface area contributed by atoms with Gasteiger partial charge < -0.3 is 5.32 Å². The number of benzene rings is 3. The van der Waals surface area contributed by atoms with E-state index in [-0.39, 0.29) is 0 Å². The Bertz CT molecular complexity index is 816. The molecule has 0 aliphatic carbocycles. The molecule has 3 aromatic rings. The molecule has 1 aliphatic rings. The Morgan fingerprint density at radius 1 is 0.875 bits per heavy atom. The second-order valence-electron chi connectivity index (χ2n) is 6.47. The summed E-state index contributed by atoms with van der Waals surface area (Å²) in [5, 5.41) is 6.38. The van der Waals surface area contributed by atoms with Crippen LogP contribution in [0.25, 0.3) is 10.8 Å². The van der Waals surface area contributed by atoms with Gasteiger partial charge >= 0.3 is 0 Å². The number of hydrogen-bond acceptors (Lipinski definition) is 2. The fourth-order valence-corrected chi connectivity index (χ4v) is 4.69. The van der Waals surface area contributed by atoms with Crippen LogP contribution in [0, 0.1) is 0 Å². The van der Waals surface area contributed by atoms with Crippen molar-refractivity contribution in [2.45, 2.75) is 36.0 Å². The molecule has 1 fully saturated rings. The highest BCUT2D eigenvalue weighted by Gasteiger charge is 2.17. The van der Waals surface area contributed by atoms with Crippen molar-refractivity contribution in [1.29, 1.82) is 0 Å². The lowest BCUT2D eigenvalue weighted by molar-refractivity contribution is 0.411. The highest BCUT2D eigenvalue weighted by Crippen LogP contribution is 2.33. The molecule has 0 saturated carbocycles. The Morgan fingerprint density at radius 3 is 2.62 bits per heavy atom. The number of piperidine rings is 1. The van der Waals surface area contributed by atoms with Crippen LogP contribution in [0.4, 0.5) is 0 Å². The average Bonchev–Trinajstić information content (AvgIpc) is 2.67. The van der Waals surface area contributed by atoms with Gasteiger partial charge in [-0.1, -0.05) is 67.1 Å². The molecular weight excluding hydrogens is 310 g/mol. The molecule has 1 nitrogen and oxygen atoms in total. The van der Waals surface area contributed by atoms with E-state index in [0.717, 1.165) is 12.3 Å². The van der Waals surface area contributed by atoms with E-state index in [1.54, 1.807) is 0 Å². The van der Waals surface area contributed by atoms with Crippen LogP contribution in [0.15, 0.2) is 71.6 Å². The molecule has 1 saturated heterocycles. The third-order valence-corrected chi connectivity index (χ3v) is 6.00. The number of rotatable bonds is 4. The minimum Gasteiger partial charge on any atom is -0.310 e. The Morgan fingerprint density at radius 2 is 1.71 bits per heavy atom. The summed E-state index contributed by atoms with van der Waals surface area (Å²) in [6, 6.07) is 24.8. The molecule has 0 aromatic heterocycles. The molecule has 3 aromatic carbocycles. The fourth-order valence-electron chi connectivity index (χ4n) is 3.60. The maximum atomic E-state index is 3.69. The van der Waals surface area contributed by atoms with E-state index < -0.39 is 0 Å². The Balaban J connectivity index is 1.57.